The van der Waals surface area contributed by atoms with Crippen LogP contribution in [0.1, 0.15) is 64.5 Å². The molecule has 0 aliphatic heterocycles. The number of nitrogens with zero attached hydrogens (tertiary/aromatic N) is 7. The largest absolute Gasteiger partial charge is 0.439 e. The van der Waals surface area contributed by atoms with Gasteiger partial charge in [0.1, 0.15) is 11.8 Å². The summed E-state index contributed by atoms with van der Waals surface area (Å²) in [7, 11) is 0. The Labute approximate surface area is 220 Å². The van der Waals surface area contributed by atoms with E-state index in [4.69, 9.17) is 19.5 Å². The second-order valence-corrected chi connectivity index (χ2v) is 10.9. The van der Waals surface area contributed by atoms with Gasteiger partial charge >= 0.3 is 5.76 Å². The Balaban J connectivity index is 1.42. The smallest absolute Gasteiger partial charge is 0.365 e. The summed E-state index contributed by atoms with van der Waals surface area (Å²) < 4.78 is 6.96. The van der Waals surface area contributed by atoms with Crippen molar-refractivity contribution in [2.24, 2.45) is 17.8 Å². The summed E-state index contributed by atoms with van der Waals surface area (Å²) in [5, 5.41) is 11.0. The molecule has 4 aromatic heterocycles. The summed E-state index contributed by atoms with van der Waals surface area (Å²) in [5.74, 6) is 3.14. The lowest BCUT2D eigenvalue weighted by atomic mass is 9.80. The first kappa shape index (κ1) is 24.5. The molecule has 2 aliphatic carbocycles. The minimum Gasteiger partial charge on any atom is -0.365 e. The van der Waals surface area contributed by atoms with Gasteiger partial charge in [0.25, 0.3) is 0 Å². The number of fused-ring (bicyclic) bond motifs is 1. The maximum absolute atomic E-state index is 11.7. The van der Waals surface area contributed by atoms with E-state index in [0.29, 0.717) is 29.8 Å². The molecule has 0 amide bonds. The number of nitrogens with one attached hydrogen (secondary N) is 3. The van der Waals surface area contributed by atoms with Gasteiger partial charge in [-0.05, 0) is 56.4 Å². The molecule has 1 atom stereocenters. The molecule has 0 unspecified atom stereocenters. The predicted octanol–water partition coefficient (Wildman–Crippen LogP) is 4.00. The first-order valence-electron chi connectivity index (χ1n) is 13.6. The van der Waals surface area contributed by atoms with Crippen LogP contribution in [0.25, 0.3) is 22.8 Å². The second kappa shape index (κ2) is 10.5. The van der Waals surface area contributed by atoms with Crippen LogP contribution < -0.4 is 16.4 Å². The highest BCUT2D eigenvalue weighted by Gasteiger charge is 2.28. The molecule has 2 aliphatic rings. The van der Waals surface area contributed by atoms with Crippen molar-refractivity contribution in [2.45, 2.75) is 77.9 Å². The zero-order valence-corrected chi connectivity index (χ0v) is 21.9. The van der Waals surface area contributed by atoms with Gasteiger partial charge in [-0.1, -0.05) is 31.3 Å². The Kier molecular flexibility index (Phi) is 6.77. The molecule has 12 nitrogen and oxygen atoms in total. The van der Waals surface area contributed by atoms with E-state index in [1.54, 1.807) is 12.5 Å². The predicted molar refractivity (Wildman–Crippen MR) is 142 cm³/mol. The fraction of sp³-hybridized carbons (Fsp3) is 0.577. The molecule has 0 radical (unpaired) electrons. The Morgan fingerprint density at radius 3 is 2.68 bits per heavy atom. The van der Waals surface area contributed by atoms with E-state index >= 15 is 0 Å². The number of anilines is 2. The molecule has 6 rings (SSSR count). The van der Waals surface area contributed by atoms with Crippen LogP contribution in [0.3, 0.4) is 0 Å². The summed E-state index contributed by atoms with van der Waals surface area (Å²) in [6.07, 6.45) is 11.8. The van der Waals surface area contributed by atoms with Crippen molar-refractivity contribution in [3.8, 4) is 11.6 Å². The van der Waals surface area contributed by atoms with Crippen LogP contribution in [0.2, 0.25) is 0 Å². The lowest BCUT2D eigenvalue weighted by Crippen LogP contribution is -2.31. The Morgan fingerprint density at radius 1 is 1.16 bits per heavy atom. The van der Waals surface area contributed by atoms with E-state index in [1.807, 2.05) is 6.07 Å². The zero-order valence-electron chi connectivity index (χ0n) is 21.9. The van der Waals surface area contributed by atoms with E-state index in [1.165, 1.54) is 44.9 Å². The molecule has 0 bridgehead atoms. The van der Waals surface area contributed by atoms with Gasteiger partial charge in [-0.25, -0.2) is 24.7 Å². The summed E-state index contributed by atoms with van der Waals surface area (Å²) in [4.78, 5) is 37.0. The Hall–Kier alpha value is -3.83. The average molecular weight is 519 g/mol. The normalized spacial score (nSPS) is 20.8. The molecular formula is C26H34N10O2. The van der Waals surface area contributed by atoms with Gasteiger partial charge in [-0.15, -0.1) is 0 Å². The maximum atomic E-state index is 11.7. The average Bonchev–Trinajstić information content (AvgIpc) is 3.47. The number of hydrogen-bond acceptors (Lipinski definition) is 10. The summed E-state index contributed by atoms with van der Waals surface area (Å²) >= 11 is 0. The first-order valence-corrected chi connectivity index (χ1v) is 13.6. The first-order chi connectivity index (χ1) is 18.5. The highest BCUT2D eigenvalue weighted by molar-refractivity contribution is 5.87. The molecule has 12 heteroatoms. The van der Waals surface area contributed by atoms with Gasteiger partial charge in [0, 0.05) is 18.8 Å². The molecule has 0 aromatic carbocycles. The lowest BCUT2D eigenvalue weighted by molar-refractivity contribution is 0.267. The number of imidazole rings is 1. The molecule has 3 N–H and O–H groups in total. The van der Waals surface area contributed by atoms with Gasteiger partial charge in [0.05, 0.1) is 12.2 Å². The Morgan fingerprint density at radius 2 is 2.00 bits per heavy atom. The van der Waals surface area contributed by atoms with Gasteiger partial charge in [-0.3, -0.25) is 9.51 Å². The third-order valence-corrected chi connectivity index (χ3v) is 8.12. The van der Waals surface area contributed by atoms with Crippen molar-refractivity contribution in [3.05, 3.63) is 34.8 Å². The van der Waals surface area contributed by atoms with Crippen LogP contribution in [0.15, 0.2) is 27.9 Å². The molecule has 4 aromatic rings. The van der Waals surface area contributed by atoms with Gasteiger partial charge in [0.15, 0.2) is 11.5 Å². The van der Waals surface area contributed by atoms with E-state index in [9.17, 15) is 4.79 Å². The van der Waals surface area contributed by atoms with Crippen molar-refractivity contribution in [1.29, 1.82) is 0 Å². The molecule has 2 saturated carbocycles. The fourth-order valence-electron chi connectivity index (χ4n) is 5.52. The van der Waals surface area contributed by atoms with Gasteiger partial charge < -0.3 is 15.2 Å². The molecule has 4 heterocycles. The van der Waals surface area contributed by atoms with Crippen LogP contribution >= 0.6 is 0 Å². The molecule has 200 valence electrons. The molecule has 0 spiro atoms. The van der Waals surface area contributed by atoms with Crippen LogP contribution in [-0.2, 0) is 13.1 Å². The third-order valence-electron chi connectivity index (χ3n) is 8.12. The minimum atomic E-state index is -0.648. The minimum absolute atomic E-state index is 0.183. The van der Waals surface area contributed by atoms with Crippen LogP contribution in [0, 0.1) is 17.8 Å². The van der Waals surface area contributed by atoms with E-state index in [2.05, 4.69) is 49.2 Å². The summed E-state index contributed by atoms with van der Waals surface area (Å²) in [5.41, 5.74) is 2.26. The summed E-state index contributed by atoms with van der Waals surface area (Å²) in [6, 6.07) is 2.12. The highest BCUT2D eigenvalue weighted by Crippen LogP contribution is 2.35. The molecule has 38 heavy (non-hydrogen) atoms. The van der Waals surface area contributed by atoms with Crippen LogP contribution in [0.4, 0.5) is 11.8 Å². The zero-order chi connectivity index (χ0) is 26.1. The van der Waals surface area contributed by atoms with Crippen molar-refractivity contribution >= 4 is 22.9 Å². The van der Waals surface area contributed by atoms with E-state index in [-0.39, 0.29) is 17.7 Å². The standard InChI is InChI=1S/C26H34N10O2/c1-15-6-8-17(9-7-15)13-36-20-21(30-16(2)18-4-3-5-18)31-23(24-34-26(37)38-35-24)32-22(20)33-25(36)28-12-19-10-11-27-14-29-19/h10-11,14-18H,3-9,12-13H2,1-2H3,(H,34,35,37)(H2,28,30,31,32,33)/t15?,16-,17?/m1/s1. The lowest BCUT2D eigenvalue weighted by Gasteiger charge is -2.32. The second-order valence-electron chi connectivity index (χ2n) is 10.9. The van der Waals surface area contributed by atoms with Crippen molar-refractivity contribution in [1.82, 2.24) is 39.6 Å². The van der Waals surface area contributed by atoms with Gasteiger partial charge in [0.2, 0.25) is 17.6 Å². The van der Waals surface area contributed by atoms with Crippen molar-refractivity contribution < 1.29 is 4.52 Å². The number of H-pyrrole nitrogens is 1. The highest BCUT2D eigenvalue weighted by atomic mass is 16.5. The molecular weight excluding hydrogens is 484 g/mol. The molecule has 2 fully saturated rings. The number of hydrogen-bond donors (Lipinski definition) is 3. The SMILES string of the molecule is CC1CCC(Cn2c(NCc3ccncn3)nc3nc(-c4noc(=O)[nH]4)nc(N[C@H](C)C4CCC4)c32)CC1. The third kappa shape index (κ3) is 5.11. The van der Waals surface area contributed by atoms with Crippen LogP contribution in [-0.4, -0.2) is 45.7 Å². The fourth-order valence-corrected chi connectivity index (χ4v) is 5.52. The Bertz CT molecular complexity index is 1430. The van der Waals surface area contributed by atoms with E-state index < -0.39 is 5.76 Å². The van der Waals surface area contributed by atoms with Crippen LogP contribution in [0.5, 0.6) is 0 Å². The molecule has 0 saturated heterocycles. The van der Waals surface area contributed by atoms with Gasteiger partial charge in [-0.2, -0.15) is 4.98 Å². The number of aromatic amines is 1. The monoisotopic (exact) mass is 518 g/mol. The summed E-state index contributed by atoms with van der Waals surface area (Å²) in [6.45, 7) is 5.87. The topological polar surface area (TPSA) is 152 Å². The maximum Gasteiger partial charge on any atom is 0.439 e. The van der Waals surface area contributed by atoms with Crippen molar-refractivity contribution in [2.75, 3.05) is 10.6 Å². The van der Waals surface area contributed by atoms with E-state index in [0.717, 1.165) is 29.6 Å². The number of aromatic nitrogens is 8. The number of rotatable bonds is 9. The van der Waals surface area contributed by atoms with Crippen molar-refractivity contribution in [3.63, 3.8) is 0 Å². The quantitative estimate of drug-likeness (QED) is 0.296.